The van der Waals surface area contributed by atoms with Gasteiger partial charge in [0.2, 0.25) is 5.91 Å². The molecule has 0 bridgehead atoms. The maximum atomic E-state index is 12.8. The fraction of sp³-hybridized carbons (Fsp3) is 0.105. The lowest BCUT2D eigenvalue weighted by molar-refractivity contribution is -0.129. The number of rotatable bonds is 3. The monoisotopic (exact) mass is 366 g/mol. The molecule has 0 aromatic heterocycles. The van der Waals surface area contributed by atoms with Gasteiger partial charge in [0.1, 0.15) is 0 Å². The smallest absolute Gasteiger partial charge is 0.339 e. The van der Waals surface area contributed by atoms with Crippen LogP contribution in [0.2, 0.25) is 0 Å². The number of benzene rings is 2. The molecule has 2 aromatic rings. The predicted molar refractivity (Wildman–Crippen MR) is 92.0 cm³/mol. The van der Waals surface area contributed by atoms with Gasteiger partial charge in [-0.1, -0.05) is 36.4 Å². The Kier molecular flexibility index (Phi) is 4.80. The number of esters is 1. The second-order valence-corrected chi connectivity index (χ2v) is 5.74. The highest BCUT2D eigenvalue weighted by atomic mass is 16.5. The highest BCUT2D eigenvalue weighted by Gasteiger charge is 2.33. The summed E-state index contributed by atoms with van der Waals surface area (Å²) in [5, 5.41) is 0. The number of hydrogen-bond acceptors (Lipinski definition) is 6. The molecule has 0 spiro atoms. The average Bonchev–Trinajstić information content (AvgIpc) is 2.68. The van der Waals surface area contributed by atoms with E-state index in [-0.39, 0.29) is 33.6 Å². The molecule has 1 aliphatic carbocycles. The fourth-order valence-electron chi connectivity index (χ4n) is 2.72. The quantitative estimate of drug-likeness (QED) is 0.522. The zero-order valence-electron chi connectivity index (χ0n) is 14.2. The van der Waals surface area contributed by atoms with Crippen LogP contribution in [0, 0.1) is 0 Å². The maximum Gasteiger partial charge on any atom is 0.339 e. The van der Waals surface area contributed by atoms with Crippen molar-refractivity contribution in [2.45, 2.75) is 6.92 Å². The van der Waals surface area contributed by atoms with Crippen LogP contribution in [0.15, 0.2) is 42.5 Å². The van der Waals surface area contributed by atoms with Gasteiger partial charge in [-0.05, 0) is 6.07 Å². The summed E-state index contributed by atoms with van der Waals surface area (Å²) >= 11 is 0. The summed E-state index contributed by atoms with van der Waals surface area (Å²) in [5.41, 5.74) is 4.53. The molecule has 136 valence electrons. The van der Waals surface area contributed by atoms with Crippen LogP contribution in [0.25, 0.3) is 0 Å². The van der Waals surface area contributed by atoms with Gasteiger partial charge in [-0.15, -0.1) is 0 Å². The molecule has 27 heavy (non-hydrogen) atoms. The summed E-state index contributed by atoms with van der Waals surface area (Å²) in [6, 6.07) is 10.6. The van der Waals surface area contributed by atoms with E-state index in [1.54, 1.807) is 18.2 Å². The van der Waals surface area contributed by atoms with Gasteiger partial charge in [0, 0.05) is 29.2 Å². The molecule has 0 aliphatic heterocycles. The SMILES string of the molecule is CC(=O)NNC(=O)COC(=O)c1cccc2c1C(=O)c1ccccc1C2=O. The van der Waals surface area contributed by atoms with Crippen LogP contribution in [0.3, 0.4) is 0 Å². The van der Waals surface area contributed by atoms with Crippen LogP contribution in [0.1, 0.15) is 49.1 Å². The number of ether oxygens (including phenoxy) is 1. The molecule has 0 fully saturated rings. The molecular weight excluding hydrogens is 352 g/mol. The molecule has 2 N–H and O–H groups in total. The number of hydrogen-bond donors (Lipinski definition) is 2. The highest BCUT2D eigenvalue weighted by Crippen LogP contribution is 2.29. The van der Waals surface area contributed by atoms with Crippen LogP contribution in [0.5, 0.6) is 0 Å². The van der Waals surface area contributed by atoms with Gasteiger partial charge < -0.3 is 4.74 Å². The van der Waals surface area contributed by atoms with E-state index in [0.29, 0.717) is 0 Å². The Morgan fingerprint density at radius 1 is 0.852 bits per heavy atom. The van der Waals surface area contributed by atoms with Crippen LogP contribution in [-0.4, -0.2) is 36.0 Å². The third-order valence-corrected chi connectivity index (χ3v) is 3.88. The Hall–Kier alpha value is -3.81. The van der Waals surface area contributed by atoms with Gasteiger partial charge in [0.15, 0.2) is 18.2 Å². The number of fused-ring (bicyclic) bond motifs is 2. The van der Waals surface area contributed by atoms with Crippen LogP contribution < -0.4 is 10.9 Å². The number of ketones is 2. The first kappa shape index (κ1) is 18.0. The minimum absolute atomic E-state index is 0.0477. The van der Waals surface area contributed by atoms with Crippen molar-refractivity contribution in [1.29, 1.82) is 0 Å². The Balaban J connectivity index is 1.85. The minimum atomic E-state index is -0.926. The van der Waals surface area contributed by atoms with Gasteiger partial charge in [-0.2, -0.15) is 0 Å². The summed E-state index contributed by atoms with van der Waals surface area (Å²) in [6.07, 6.45) is 0. The number of hydrazine groups is 1. The van der Waals surface area contributed by atoms with Crippen molar-refractivity contribution < 1.29 is 28.7 Å². The molecule has 8 heteroatoms. The van der Waals surface area contributed by atoms with Crippen molar-refractivity contribution in [2.75, 3.05) is 6.61 Å². The maximum absolute atomic E-state index is 12.8. The lowest BCUT2D eigenvalue weighted by Crippen LogP contribution is -2.42. The fourth-order valence-corrected chi connectivity index (χ4v) is 2.72. The van der Waals surface area contributed by atoms with Gasteiger partial charge in [-0.25, -0.2) is 4.79 Å². The summed E-state index contributed by atoms with van der Waals surface area (Å²) in [7, 11) is 0. The molecule has 0 heterocycles. The normalized spacial score (nSPS) is 11.9. The molecule has 2 amide bonds. The van der Waals surface area contributed by atoms with Crippen molar-refractivity contribution >= 4 is 29.4 Å². The van der Waals surface area contributed by atoms with Crippen molar-refractivity contribution in [1.82, 2.24) is 10.9 Å². The van der Waals surface area contributed by atoms with E-state index in [4.69, 9.17) is 4.74 Å². The standard InChI is InChI=1S/C19H14N2O6/c1-10(22)20-21-15(23)9-27-19(26)14-8-4-7-13-16(14)18(25)12-6-3-2-5-11(12)17(13)24/h2-8H,9H2,1H3,(H,20,22)(H,21,23). The van der Waals surface area contributed by atoms with E-state index in [1.807, 2.05) is 5.43 Å². The Bertz CT molecular complexity index is 995. The van der Waals surface area contributed by atoms with E-state index in [0.717, 1.165) is 0 Å². The van der Waals surface area contributed by atoms with Gasteiger partial charge in [-0.3, -0.25) is 30.0 Å². The summed E-state index contributed by atoms with van der Waals surface area (Å²) < 4.78 is 4.89. The largest absolute Gasteiger partial charge is 0.452 e. The summed E-state index contributed by atoms with van der Waals surface area (Å²) in [4.78, 5) is 60.1. The van der Waals surface area contributed by atoms with Crippen LogP contribution in [-0.2, 0) is 14.3 Å². The molecule has 1 aliphatic rings. The van der Waals surface area contributed by atoms with Crippen molar-refractivity contribution in [3.8, 4) is 0 Å². The number of carbonyl (C=O) groups excluding carboxylic acids is 5. The molecule has 0 atom stereocenters. The second kappa shape index (κ2) is 7.20. The second-order valence-electron chi connectivity index (χ2n) is 5.74. The third kappa shape index (κ3) is 3.45. The van der Waals surface area contributed by atoms with E-state index in [9.17, 15) is 24.0 Å². The molecule has 8 nitrogen and oxygen atoms in total. The summed E-state index contributed by atoms with van der Waals surface area (Å²) in [5.74, 6) is -3.00. The Labute approximate surface area is 153 Å². The van der Waals surface area contributed by atoms with Gasteiger partial charge in [0.25, 0.3) is 5.91 Å². The van der Waals surface area contributed by atoms with E-state index in [2.05, 4.69) is 5.43 Å². The zero-order chi connectivity index (χ0) is 19.6. The first-order chi connectivity index (χ1) is 12.9. The lowest BCUT2D eigenvalue weighted by Gasteiger charge is -2.19. The first-order valence-corrected chi connectivity index (χ1v) is 7.94. The van der Waals surface area contributed by atoms with Gasteiger partial charge >= 0.3 is 5.97 Å². The highest BCUT2D eigenvalue weighted by molar-refractivity contribution is 6.30. The molecule has 0 radical (unpaired) electrons. The molecular formula is C19H14N2O6. The zero-order valence-corrected chi connectivity index (χ0v) is 14.2. The van der Waals surface area contributed by atoms with Crippen molar-refractivity contribution in [2.24, 2.45) is 0 Å². The van der Waals surface area contributed by atoms with Crippen LogP contribution >= 0.6 is 0 Å². The van der Waals surface area contributed by atoms with E-state index in [1.165, 1.54) is 31.2 Å². The molecule has 0 saturated carbocycles. The topological polar surface area (TPSA) is 119 Å². The average molecular weight is 366 g/mol. The van der Waals surface area contributed by atoms with Crippen molar-refractivity contribution in [3.63, 3.8) is 0 Å². The first-order valence-electron chi connectivity index (χ1n) is 7.94. The number of nitrogens with one attached hydrogen (secondary N) is 2. The van der Waals surface area contributed by atoms with Gasteiger partial charge in [0.05, 0.1) is 5.56 Å². The van der Waals surface area contributed by atoms with E-state index < -0.39 is 30.2 Å². The number of amides is 2. The number of carbonyl (C=O) groups is 5. The van der Waals surface area contributed by atoms with Crippen molar-refractivity contribution in [3.05, 3.63) is 70.3 Å². The molecule has 2 aromatic carbocycles. The van der Waals surface area contributed by atoms with Crippen LogP contribution in [0.4, 0.5) is 0 Å². The third-order valence-electron chi connectivity index (χ3n) is 3.88. The summed E-state index contributed by atoms with van der Waals surface area (Å²) in [6.45, 7) is 0.532. The molecule has 0 unspecified atom stereocenters. The Morgan fingerprint density at radius 2 is 1.48 bits per heavy atom. The molecule has 3 rings (SSSR count). The predicted octanol–water partition coefficient (Wildman–Crippen LogP) is 0.786. The lowest BCUT2D eigenvalue weighted by atomic mass is 9.82. The Morgan fingerprint density at radius 3 is 2.15 bits per heavy atom. The van der Waals surface area contributed by atoms with E-state index >= 15 is 0 Å². The minimum Gasteiger partial charge on any atom is -0.452 e. The molecule has 0 saturated heterocycles.